The molecule has 16 heavy (non-hydrogen) atoms. The second kappa shape index (κ2) is 8.08. The summed E-state index contributed by atoms with van der Waals surface area (Å²) in [6, 6.07) is 1.61. The van der Waals surface area contributed by atoms with E-state index in [4.69, 9.17) is 0 Å². The van der Waals surface area contributed by atoms with Crippen molar-refractivity contribution in [2.24, 2.45) is 0 Å². The van der Waals surface area contributed by atoms with Crippen LogP contribution >= 0.6 is 0 Å². The standard InChI is InChI=1S/C14H30N2/c1-4-13(12-15-5-2)16(6-3)14-10-8-7-9-11-14/h13-15H,4-12H2,1-3H3. The van der Waals surface area contributed by atoms with Crippen LogP contribution in [0.4, 0.5) is 0 Å². The summed E-state index contributed by atoms with van der Waals surface area (Å²) in [7, 11) is 0. The Morgan fingerprint density at radius 3 is 2.31 bits per heavy atom. The van der Waals surface area contributed by atoms with Crippen LogP contribution in [0.15, 0.2) is 0 Å². The largest absolute Gasteiger partial charge is 0.315 e. The zero-order valence-electron chi connectivity index (χ0n) is 11.5. The highest BCUT2D eigenvalue weighted by molar-refractivity contribution is 4.81. The van der Waals surface area contributed by atoms with Gasteiger partial charge in [-0.2, -0.15) is 0 Å². The minimum absolute atomic E-state index is 0.744. The molecule has 0 aliphatic heterocycles. The molecule has 1 atom stereocenters. The molecule has 0 aromatic rings. The Morgan fingerprint density at radius 2 is 1.81 bits per heavy atom. The summed E-state index contributed by atoms with van der Waals surface area (Å²) in [5.74, 6) is 0. The average Bonchev–Trinajstić information content (AvgIpc) is 2.35. The molecule has 0 amide bonds. The van der Waals surface area contributed by atoms with Gasteiger partial charge in [0.05, 0.1) is 0 Å². The van der Waals surface area contributed by atoms with Crippen LogP contribution in [0.1, 0.15) is 59.3 Å². The topological polar surface area (TPSA) is 15.3 Å². The molecule has 0 spiro atoms. The molecule has 0 aromatic carbocycles. The number of nitrogens with one attached hydrogen (secondary N) is 1. The van der Waals surface area contributed by atoms with E-state index in [9.17, 15) is 0 Å². The first-order valence-corrected chi connectivity index (χ1v) is 7.29. The van der Waals surface area contributed by atoms with Crippen LogP contribution in [-0.2, 0) is 0 Å². The van der Waals surface area contributed by atoms with Crippen LogP contribution in [0.2, 0.25) is 0 Å². The Balaban J connectivity index is 2.47. The fourth-order valence-corrected chi connectivity index (χ4v) is 3.03. The van der Waals surface area contributed by atoms with Gasteiger partial charge in [-0.1, -0.05) is 40.0 Å². The Hall–Kier alpha value is -0.0800. The lowest BCUT2D eigenvalue weighted by Crippen LogP contribution is -2.48. The summed E-state index contributed by atoms with van der Waals surface area (Å²) in [5.41, 5.74) is 0. The van der Waals surface area contributed by atoms with E-state index in [-0.39, 0.29) is 0 Å². The van der Waals surface area contributed by atoms with E-state index in [1.165, 1.54) is 45.1 Å². The lowest BCUT2D eigenvalue weighted by atomic mass is 9.92. The van der Waals surface area contributed by atoms with Crippen molar-refractivity contribution in [1.29, 1.82) is 0 Å². The van der Waals surface area contributed by atoms with Gasteiger partial charge in [-0.05, 0) is 32.4 Å². The number of rotatable bonds is 7. The van der Waals surface area contributed by atoms with Gasteiger partial charge in [0.25, 0.3) is 0 Å². The molecular weight excluding hydrogens is 196 g/mol. The van der Waals surface area contributed by atoms with E-state index in [0.29, 0.717) is 0 Å². The molecule has 0 aromatic heterocycles. The quantitative estimate of drug-likeness (QED) is 0.718. The Kier molecular flexibility index (Phi) is 7.06. The maximum atomic E-state index is 3.51. The summed E-state index contributed by atoms with van der Waals surface area (Å²) in [6.07, 6.45) is 8.47. The van der Waals surface area contributed by atoms with E-state index in [0.717, 1.165) is 25.2 Å². The minimum Gasteiger partial charge on any atom is -0.315 e. The van der Waals surface area contributed by atoms with Crippen molar-refractivity contribution < 1.29 is 0 Å². The lowest BCUT2D eigenvalue weighted by molar-refractivity contribution is 0.106. The maximum Gasteiger partial charge on any atom is 0.0220 e. The molecule has 2 heteroatoms. The van der Waals surface area contributed by atoms with E-state index in [1.807, 2.05) is 0 Å². The number of nitrogens with zero attached hydrogens (tertiary/aromatic N) is 1. The van der Waals surface area contributed by atoms with Gasteiger partial charge in [-0.3, -0.25) is 4.90 Å². The molecule has 1 rings (SSSR count). The van der Waals surface area contributed by atoms with Crippen LogP contribution < -0.4 is 5.32 Å². The van der Waals surface area contributed by atoms with Gasteiger partial charge in [0.1, 0.15) is 0 Å². The highest BCUT2D eigenvalue weighted by Gasteiger charge is 2.24. The first-order valence-electron chi connectivity index (χ1n) is 7.29. The summed E-state index contributed by atoms with van der Waals surface area (Å²) in [6.45, 7) is 10.3. The third kappa shape index (κ3) is 4.06. The van der Waals surface area contributed by atoms with Crippen LogP contribution in [0.25, 0.3) is 0 Å². The van der Waals surface area contributed by atoms with Gasteiger partial charge in [-0.15, -0.1) is 0 Å². The van der Waals surface area contributed by atoms with Crippen LogP contribution in [0.3, 0.4) is 0 Å². The molecule has 0 radical (unpaired) electrons. The van der Waals surface area contributed by atoms with Crippen LogP contribution in [0, 0.1) is 0 Å². The highest BCUT2D eigenvalue weighted by atomic mass is 15.2. The molecule has 0 saturated heterocycles. The third-order valence-corrected chi connectivity index (χ3v) is 3.98. The van der Waals surface area contributed by atoms with Crippen molar-refractivity contribution in [2.45, 2.75) is 71.4 Å². The number of hydrogen-bond donors (Lipinski definition) is 1. The summed E-state index contributed by atoms with van der Waals surface area (Å²) < 4.78 is 0. The SMILES string of the molecule is CCNCC(CC)N(CC)C1CCCCC1. The molecule has 1 unspecified atom stereocenters. The fraction of sp³-hybridized carbons (Fsp3) is 1.00. The van der Waals surface area contributed by atoms with Crippen molar-refractivity contribution >= 4 is 0 Å². The number of likely N-dealkylation sites (N-methyl/N-ethyl adjacent to an activating group) is 2. The molecule has 1 aliphatic carbocycles. The zero-order chi connectivity index (χ0) is 11.8. The zero-order valence-corrected chi connectivity index (χ0v) is 11.5. The fourth-order valence-electron chi connectivity index (χ4n) is 3.03. The Labute approximate surface area is 102 Å². The Bertz CT molecular complexity index is 164. The number of hydrogen-bond acceptors (Lipinski definition) is 2. The smallest absolute Gasteiger partial charge is 0.0220 e. The van der Waals surface area contributed by atoms with Gasteiger partial charge in [0.15, 0.2) is 0 Å². The summed E-state index contributed by atoms with van der Waals surface area (Å²) in [5, 5.41) is 3.51. The monoisotopic (exact) mass is 226 g/mol. The summed E-state index contributed by atoms with van der Waals surface area (Å²) in [4.78, 5) is 2.75. The van der Waals surface area contributed by atoms with Crippen LogP contribution in [0.5, 0.6) is 0 Å². The molecule has 1 fully saturated rings. The highest BCUT2D eigenvalue weighted by Crippen LogP contribution is 2.24. The second-order valence-corrected chi connectivity index (χ2v) is 4.99. The van der Waals surface area contributed by atoms with E-state index in [1.54, 1.807) is 0 Å². The first-order chi connectivity index (χ1) is 7.83. The predicted molar refractivity (Wildman–Crippen MR) is 71.9 cm³/mol. The van der Waals surface area contributed by atoms with Crippen molar-refractivity contribution in [2.75, 3.05) is 19.6 Å². The average molecular weight is 226 g/mol. The maximum absolute atomic E-state index is 3.51. The van der Waals surface area contributed by atoms with Gasteiger partial charge in [-0.25, -0.2) is 0 Å². The van der Waals surface area contributed by atoms with Crippen molar-refractivity contribution in [1.82, 2.24) is 10.2 Å². The van der Waals surface area contributed by atoms with Gasteiger partial charge in [0.2, 0.25) is 0 Å². The van der Waals surface area contributed by atoms with Gasteiger partial charge in [0, 0.05) is 18.6 Å². The van der Waals surface area contributed by atoms with Gasteiger partial charge < -0.3 is 5.32 Å². The van der Waals surface area contributed by atoms with E-state index in [2.05, 4.69) is 31.0 Å². The third-order valence-electron chi connectivity index (χ3n) is 3.98. The molecule has 96 valence electrons. The molecule has 2 nitrogen and oxygen atoms in total. The minimum atomic E-state index is 0.744. The Morgan fingerprint density at radius 1 is 1.12 bits per heavy atom. The molecule has 1 saturated carbocycles. The predicted octanol–water partition coefficient (Wildman–Crippen LogP) is 3.03. The van der Waals surface area contributed by atoms with E-state index < -0.39 is 0 Å². The molecule has 1 N–H and O–H groups in total. The van der Waals surface area contributed by atoms with Gasteiger partial charge >= 0.3 is 0 Å². The van der Waals surface area contributed by atoms with E-state index >= 15 is 0 Å². The molecule has 1 aliphatic rings. The normalized spacial score (nSPS) is 20.2. The van der Waals surface area contributed by atoms with Crippen LogP contribution in [-0.4, -0.2) is 36.6 Å². The van der Waals surface area contributed by atoms with Crippen molar-refractivity contribution in [3.8, 4) is 0 Å². The molecule has 0 bridgehead atoms. The van der Waals surface area contributed by atoms with Crippen molar-refractivity contribution in [3.63, 3.8) is 0 Å². The second-order valence-electron chi connectivity index (χ2n) is 4.99. The molecule has 0 heterocycles. The molecular formula is C14H30N2. The van der Waals surface area contributed by atoms with Crippen molar-refractivity contribution in [3.05, 3.63) is 0 Å². The summed E-state index contributed by atoms with van der Waals surface area (Å²) >= 11 is 0. The first kappa shape index (κ1) is 14.0. The lowest BCUT2D eigenvalue weighted by Gasteiger charge is -2.39.